The Kier molecular flexibility index (Phi) is 5.22. The van der Waals surface area contributed by atoms with Crippen molar-refractivity contribution < 1.29 is 9.59 Å². The van der Waals surface area contributed by atoms with Gasteiger partial charge in [-0.25, -0.2) is 0 Å². The molecule has 0 aliphatic carbocycles. The summed E-state index contributed by atoms with van der Waals surface area (Å²) < 4.78 is 0.790. The smallest absolute Gasteiger partial charge is 0.314 e. The molecule has 0 fully saturated rings. The minimum Gasteiger partial charge on any atom is -0.318 e. The Morgan fingerprint density at radius 1 is 0.952 bits per heavy atom. The Labute approximate surface area is 139 Å². The Morgan fingerprint density at radius 3 is 2.33 bits per heavy atom. The quantitative estimate of drug-likeness (QED) is 0.753. The van der Waals surface area contributed by atoms with Crippen LogP contribution in [0.2, 0.25) is 10.0 Å². The normalized spacial score (nSPS) is 10.0. The van der Waals surface area contributed by atoms with Gasteiger partial charge in [-0.1, -0.05) is 51.3 Å². The third-order valence-corrected chi connectivity index (χ3v) is 3.80. The molecule has 0 bridgehead atoms. The van der Waals surface area contributed by atoms with E-state index in [4.69, 9.17) is 23.2 Å². The molecule has 4 nitrogen and oxygen atoms in total. The highest BCUT2D eigenvalue weighted by atomic mass is 79.9. The molecule has 0 aromatic heterocycles. The number of carbonyl (C=O) groups excluding carboxylic acids is 2. The summed E-state index contributed by atoms with van der Waals surface area (Å²) in [5.74, 6) is -1.64. The van der Waals surface area contributed by atoms with Crippen molar-refractivity contribution >= 4 is 62.3 Å². The van der Waals surface area contributed by atoms with Gasteiger partial charge in [0.1, 0.15) is 0 Å². The zero-order valence-corrected chi connectivity index (χ0v) is 13.6. The molecule has 0 saturated carbocycles. The van der Waals surface area contributed by atoms with Crippen LogP contribution < -0.4 is 10.6 Å². The van der Waals surface area contributed by atoms with Gasteiger partial charge >= 0.3 is 11.8 Å². The topological polar surface area (TPSA) is 58.2 Å². The molecular formula is C14H9BrCl2N2O2. The number of amides is 2. The third kappa shape index (κ3) is 4.20. The number of rotatable bonds is 2. The zero-order chi connectivity index (χ0) is 15.4. The third-order valence-electron chi connectivity index (χ3n) is 2.49. The van der Waals surface area contributed by atoms with Crippen molar-refractivity contribution in [3.05, 3.63) is 57.0 Å². The van der Waals surface area contributed by atoms with Crippen molar-refractivity contribution in [3.8, 4) is 0 Å². The van der Waals surface area contributed by atoms with Crippen molar-refractivity contribution in [2.45, 2.75) is 0 Å². The molecular weight excluding hydrogens is 379 g/mol. The summed E-state index contributed by atoms with van der Waals surface area (Å²) in [6.07, 6.45) is 0. The van der Waals surface area contributed by atoms with Gasteiger partial charge in [0, 0.05) is 10.2 Å². The molecule has 2 N–H and O–H groups in total. The molecule has 0 unspecified atom stereocenters. The van der Waals surface area contributed by atoms with Gasteiger partial charge in [-0.3, -0.25) is 9.59 Å². The highest BCUT2D eigenvalue weighted by molar-refractivity contribution is 9.10. The number of carbonyl (C=O) groups is 2. The highest BCUT2D eigenvalue weighted by Gasteiger charge is 2.16. The lowest BCUT2D eigenvalue weighted by molar-refractivity contribution is -0.132. The minimum atomic E-state index is -0.834. The van der Waals surface area contributed by atoms with E-state index in [9.17, 15) is 9.59 Å². The molecule has 0 atom stereocenters. The molecule has 2 amide bonds. The number of benzene rings is 2. The van der Waals surface area contributed by atoms with E-state index in [1.807, 2.05) is 6.07 Å². The van der Waals surface area contributed by atoms with E-state index in [1.165, 1.54) is 0 Å². The van der Waals surface area contributed by atoms with E-state index in [0.29, 0.717) is 10.7 Å². The fourth-order valence-corrected chi connectivity index (χ4v) is 2.28. The maximum atomic E-state index is 11.8. The standard InChI is InChI=1S/C14H9BrCl2N2O2/c15-8-3-1-4-9(7-8)18-13(20)14(21)19-11-6-2-5-10(16)12(11)17/h1-7H,(H,18,20)(H,19,21). The van der Waals surface area contributed by atoms with Crippen molar-refractivity contribution in [1.29, 1.82) is 0 Å². The van der Waals surface area contributed by atoms with Crippen LogP contribution in [0, 0.1) is 0 Å². The summed E-state index contributed by atoms with van der Waals surface area (Å²) in [6, 6.07) is 11.7. The van der Waals surface area contributed by atoms with E-state index in [-0.39, 0.29) is 10.7 Å². The first-order valence-electron chi connectivity index (χ1n) is 5.79. The molecule has 0 saturated heterocycles. The van der Waals surface area contributed by atoms with Crippen LogP contribution in [-0.4, -0.2) is 11.8 Å². The first kappa shape index (κ1) is 15.8. The number of nitrogens with one attached hydrogen (secondary N) is 2. The van der Waals surface area contributed by atoms with Gasteiger partial charge in [0.25, 0.3) is 0 Å². The maximum Gasteiger partial charge on any atom is 0.314 e. The predicted molar refractivity (Wildman–Crippen MR) is 87.9 cm³/mol. The molecule has 0 heterocycles. The average molecular weight is 388 g/mol. The number of halogens is 3. The van der Waals surface area contributed by atoms with E-state index in [2.05, 4.69) is 26.6 Å². The Bertz CT molecular complexity index is 707. The van der Waals surface area contributed by atoms with Gasteiger partial charge in [0.05, 0.1) is 15.7 Å². The van der Waals surface area contributed by atoms with Crippen LogP contribution in [0.4, 0.5) is 11.4 Å². The van der Waals surface area contributed by atoms with Crippen LogP contribution in [0.3, 0.4) is 0 Å². The van der Waals surface area contributed by atoms with Gasteiger partial charge in [-0.05, 0) is 30.3 Å². The Morgan fingerprint density at radius 2 is 1.62 bits per heavy atom. The summed E-state index contributed by atoms with van der Waals surface area (Å²) in [5.41, 5.74) is 0.778. The molecule has 0 aliphatic heterocycles. The molecule has 2 aromatic carbocycles. The largest absolute Gasteiger partial charge is 0.318 e. The van der Waals surface area contributed by atoms with Crippen LogP contribution in [0.15, 0.2) is 46.9 Å². The lowest BCUT2D eigenvalue weighted by Gasteiger charge is -2.08. The fourth-order valence-electron chi connectivity index (χ4n) is 1.53. The minimum absolute atomic E-state index is 0.183. The Hall–Kier alpha value is -1.56. The van der Waals surface area contributed by atoms with Crippen molar-refractivity contribution in [1.82, 2.24) is 0 Å². The predicted octanol–water partition coefficient (Wildman–Crippen LogP) is 4.33. The Balaban J connectivity index is 2.06. The fraction of sp³-hybridized carbons (Fsp3) is 0. The average Bonchev–Trinajstić information content (AvgIpc) is 2.44. The number of anilines is 2. The van der Waals surface area contributed by atoms with Crippen LogP contribution in [0.1, 0.15) is 0 Å². The summed E-state index contributed by atoms with van der Waals surface area (Å²) in [4.78, 5) is 23.6. The molecule has 0 spiro atoms. The monoisotopic (exact) mass is 386 g/mol. The van der Waals surface area contributed by atoms with Crippen LogP contribution in [0.5, 0.6) is 0 Å². The second kappa shape index (κ2) is 6.93. The highest BCUT2D eigenvalue weighted by Crippen LogP contribution is 2.29. The summed E-state index contributed by atoms with van der Waals surface area (Å²) in [7, 11) is 0. The molecule has 21 heavy (non-hydrogen) atoms. The second-order valence-electron chi connectivity index (χ2n) is 4.02. The first-order valence-corrected chi connectivity index (χ1v) is 7.34. The van der Waals surface area contributed by atoms with Crippen LogP contribution in [-0.2, 0) is 9.59 Å². The van der Waals surface area contributed by atoms with Gasteiger partial charge < -0.3 is 10.6 Å². The van der Waals surface area contributed by atoms with Crippen molar-refractivity contribution in [2.24, 2.45) is 0 Å². The van der Waals surface area contributed by atoms with Crippen molar-refractivity contribution in [3.63, 3.8) is 0 Å². The van der Waals surface area contributed by atoms with Crippen molar-refractivity contribution in [2.75, 3.05) is 10.6 Å². The number of hydrogen-bond donors (Lipinski definition) is 2. The van der Waals surface area contributed by atoms with E-state index in [1.54, 1.807) is 36.4 Å². The van der Waals surface area contributed by atoms with Gasteiger partial charge in [0.2, 0.25) is 0 Å². The second-order valence-corrected chi connectivity index (χ2v) is 5.72. The molecule has 0 radical (unpaired) electrons. The summed E-state index contributed by atoms with van der Waals surface area (Å²) in [5, 5.41) is 5.36. The lowest BCUT2D eigenvalue weighted by atomic mass is 10.3. The van der Waals surface area contributed by atoms with Gasteiger partial charge in [-0.15, -0.1) is 0 Å². The van der Waals surface area contributed by atoms with E-state index in [0.717, 1.165) is 4.47 Å². The van der Waals surface area contributed by atoms with E-state index < -0.39 is 11.8 Å². The lowest BCUT2D eigenvalue weighted by Crippen LogP contribution is -2.29. The van der Waals surface area contributed by atoms with E-state index >= 15 is 0 Å². The van der Waals surface area contributed by atoms with Crippen LogP contribution >= 0.6 is 39.1 Å². The molecule has 2 rings (SSSR count). The van der Waals surface area contributed by atoms with Gasteiger partial charge in [0.15, 0.2) is 0 Å². The van der Waals surface area contributed by atoms with Gasteiger partial charge in [-0.2, -0.15) is 0 Å². The molecule has 2 aromatic rings. The summed E-state index contributed by atoms with van der Waals surface area (Å²) >= 11 is 15.0. The molecule has 108 valence electrons. The maximum absolute atomic E-state index is 11.8. The first-order chi connectivity index (χ1) is 9.97. The SMILES string of the molecule is O=C(Nc1cccc(Br)c1)C(=O)Nc1cccc(Cl)c1Cl. The zero-order valence-electron chi connectivity index (χ0n) is 10.5. The number of hydrogen-bond acceptors (Lipinski definition) is 2. The molecule has 7 heteroatoms. The molecule has 0 aliphatic rings. The van der Waals surface area contributed by atoms with Crippen LogP contribution in [0.25, 0.3) is 0 Å². The summed E-state index contributed by atoms with van der Waals surface area (Å²) in [6.45, 7) is 0.